The fourth-order valence-corrected chi connectivity index (χ4v) is 6.75. The predicted octanol–water partition coefficient (Wildman–Crippen LogP) is 6.66. The zero-order chi connectivity index (χ0) is 28.2. The van der Waals surface area contributed by atoms with Crippen molar-refractivity contribution in [3.05, 3.63) is 117 Å². The first-order valence-corrected chi connectivity index (χ1v) is 15.3. The van der Waals surface area contributed by atoms with Crippen molar-refractivity contribution in [2.24, 2.45) is 5.92 Å². The lowest BCUT2D eigenvalue weighted by molar-refractivity contribution is -0.137. The molecule has 3 aromatic carbocycles. The Kier molecular flexibility index (Phi) is 8.14. The van der Waals surface area contributed by atoms with Crippen LogP contribution in [0, 0.1) is 5.92 Å². The number of hydrogen-bond acceptors (Lipinski definition) is 5. The van der Waals surface area contributed by atoms with Crippen LogP contribution in [0.5, 0.6) is 5.75 Å². The van der Waals surface area contributed by atoms with E-state index in [4.69, 9.17) is 4.74 Å². The number of amides is 2. The molecule has 210 valence electrons. The van der Waals surface area contributed by atoms with Gasteiger partial charge in [0.15, 0.2) is 0 Å². The van der Waals surface area contributed by atoms with E-state index in [1.165, 1.54) is 16.9 Å². The molecule has 0 spiro atoms. The van der Waals surface area contributed by atoms with E-state index in [0.717, 1.165) is 66.1 Å². The Hall–Kier alpha value is -3.97. The van der Waals surface area contributed by atoms with Crippen LogP contribution < -0.4 is 4.74 Å². The molecule has 2 aliphatic rings. The minimum atomic E-state index is -0.124. The number of thiazole rings is 1. The van der Waals surface area contributed by atoms with E-state index in [1.807, 2.05) is 54.6 Å². The Balaban J connectivity index is 1.17. The molecule has 1 fully saturated rings. The summed E-state index contributed by atoms with van der Waals surface area (Å²) >= 11 is 1.43. The Morgan fingerprint density at radius 1 is 1.00 bits per heavy atom. The molecule has 7 heteroatoms. The molecule has 2 heterocycles. The van der Waals surface area contributed by atoms with Crippen LogP contribution in [0.1, 0.15) is 69.5 Å². The molecule has 1 atom stereocenters. The molecule has 4 aromatic rings. The van der Waals surface area contributed by atoms with Crippen molar-refractivity contribution in [3.8, 4) is 5.75 Å². The van der Waals surface area contributed by atoms with Gasteiger partial charge in [-0.15, -0.1) is 11.3 Å². The van der Waals surface area contributed by atoms with E-state index < -0.39 is 0 Å². The fourth-order valence-electron chi connectivity index (χ4n) is 6.07. The van der Waals surface area contributed by atoms with Crippen LogP contribution in [-0.4, -0.2) is 40.2 Å². The summed E-state index contributed by atoms with van der Waals surface area (Å²) in [6.45, 7) is 1.54. The number of ether oxygens (including phenoxy) is 1. The second-order valence-corrected chi connectivity index (χ2v) is 11.9. The van der Waals surface area contributed by atoms with Crippen molar-refractivity contribution >= 4 is 23.2 Å². The van der Waals surface area contributed by atoms with Crippen molar-refractivity contribution in [2.45, 2.75) is 51.3 Å². The molecule has 1 aliphatic carbocycles. The van der Waals surface area contributed by atoms with Gasteiger partial charge in [0.1, 0.15) is 23.1 Å². The summed E-state index contributed by atoms with van der Waals surface area (Å²) in [6, 6.07) is 26.4. The summed E-state index contributed by atoms with van der Waals surface area (Å²) < 4.78 is 6.21. The molecule has 0 bridgehead atoms. The topological polar surface area (TPSA) is 62.7 Å². The quantitative estimate of drug-likeness (QED) is 0.240. The van der Waals surface area contributed by atoms with Gasteiger partial charge in [0.2, 0.25) is 5.91 Å². The van der Waals surface area contributed by atoms with Gasteiger partial charge in [0.25, 0.3) is 5.91 Å². The highest BCUT2D eigenvalue weighted by atomic mass is 32.1. The molecule has 2 amide bonds. The first-order chi connectivity index (χ1) is 20.1. The third-order valence-electron chi connectivity index (χ3n) is 8.19. The molecule has 0 radical (unpaired) electrons. The normalized spacial score (nSPS) is 16.8. The predicted molar refractivity (Wildman–Crippen MR) is 161 cm³/mol. The molecule has 1 saturated carbocycles. The van der Waals surface area contributed by atoms with Gasteiger partial charge in [-0.1, -0.05) is 79.6 Å². The van der Waals surface area contributed by atoms with Gasteiger partial charge in [-0.3, -0.25) is 9.59 Å². The standard InChI is InChI=1S/C34H35N3O3S/c1-36(21-24-10-4-2-5-11-24)34(39)30-23-41-31(35-30)22-40-28-17-16-25-18-19-37(33(38)27-14-8-9-15-27)32(29(25)20-28)26-12-6-3-7-13-26/h2-7,10-13,16-17,20,23,27,32H,8-9,14-15,18-19,21-22H2,1H3/t32-/m1/s1. The molecular formula is C34H35N3O3S. The highest BCUT2D eigenvalue weighted by Gasteiger charge is 2.36. The smallest absolute Gasteiger partial charge is 0.273 e. The van der Waals surface area contributed by atoms with E-state index in [-0.39, 0.29) is 30.4 Å². The minimum Gasteiger partial charge on any atom is -0.486 e. The lowest BCUT2D eigenvalue weighted by Crippen LogP contribution is -2.43. The summed E-state index contributed by atoms with van der Waals surface area (Å²) in [5.74, 6) is 1.05. The number of fused-ring (bicyclic) bond motifs is 1. The Bertz CT molecular complexity index is 1500. The van der Waals surface area contributed by atoms with Crippen LogP contribution in [0.3, 0.4) is 0 Å². The number of carbonyl (C=O) groups excluding carboxylic acids is 2. The lowest BCUT2D eigenvalue weighted by atomic mass is 9.87. The molecule has 0 unspecified atom stereocenters. The molecule has 41 heavy (non-hydrogen) atoms. The van der Waals surface area contributed by atoms with E-state index in [1.54, 1.807) is 17.3 Å². The number of nitrogens with zero attached hydrogens (tertiary/aromatic N) is 3. The van der Waals surface area contributed by atoms with Crippen molar-refractivity contribution in [3.63, 3.8) is 0 Å². The maximum Gasteiger partial charge on any atom is 0.273 e. The highest BCUT2D eigenvalue weighted by molar-refractivity contribution is 7.09. The van der Waals surface area contributed by atoms with E-state index in [9.17, 15) is 9.59 Å². The van der Waals surface area contributed by atoms with Crippen molar-refractivity contribution in [2.75, 3.05) is 13.6 Å². The Labute approximate surface area is 245 Å². The van der Waals surface area contributed by atoms with Crippen molar-refractivity contribution < 1.29 is 14.3 Å². The molecule has 0 N–H and O–H groups in total. The molecule has 6 rings (SSSR count). The third-order valence-corrected chi connectivity index (χ3v) is 9.01. The van der Waals surface area contributed by atoms with Gasteiger partial charge in [0, 0.05) is 31.4 Å². The van der Waals surface area contributed by atoms with E-state index >= 15 is 0 Å². The first kappa shape index (κ1) is 27.2. The summed E-state index contributed by atoms with van der Waals surface area (Å²) in [5, 5.41) is 2.55. The van der Waals surface area contributed by atoms with Gasteiger partial charge in [-0.25, -0.2) is 4.98 Å². The highest BCUT2D eigenvalue weighted by Crippen LogP contribution is 2.39. The fraction of sp³-hybridized carbons (Fsp3) is 0.324. The molecule has 6 nitrogen and oxygen atoms in total. The van der Waals surface area contributed by atoms with Crippen molar-refractivity contribution in [1.82, 2.24) is 14.8 Å². The Morgan fingerprint density at radius 2 is 1.73 bits per heavy atom. The van der Waals surface area contributed by atoms with Gasteiger partial charge >= 0.3 is 0 Å². The van der Waals surface area contributed by atoms with Gasteiger partial charge in [-0.2, -0.15) is 0 Å². The van der Waals surface area contributed by atoms with Crippen LogP contribution >= 0.6 is 11.3 Å². The van der Waals surface area contributed by atoms with Gasteiger partial charge in [-0.05, 0) is 53.6 Å². The second-order valence-electron chi connectivity index (χ2n) is 11.0. The van der Waals surface area contributed by atoms with E-state index in [2.05, 4.69) is 34.1 Å². The van der Waals surface area contributed by atoms with Crippen molar-refractivity contribution in [1.29, 1.82) is 0 Å². The zero-order valence-corrected chi connectivity index (χ0v) is 24.2. The molecule has 1 aromatic heterocycles. The first-order valence-electron chi connectivity index (χ1n) is 14.4. The molecular weight excluding hydrogens is 530 g/mol. The minimum absolute atomic E-state index is 0.108. The number of hydrogen-bond donors (Lipinski definition) is 0. The maximum atomic E-state index is 13.7. The van der Waals surface area contributed by atoms with Gasteiger partial charge in [0.05, 0.1) is 6.04 Å². The van der Waals surface area contributed by atoms with E-state index in [0.29, 0.717) is 12.2 Å². The van der Waals surface area contributed by atoms with Crippen LogP contribution in [0.4, 0.5) is 0 Å². The Morgan fingerprint density at radius 3 is 2.49 bits per heavy atom. The monoisotopic (exact) mass is 565 g/mol. The second kappa shape index (κ2) is 12.3. The summed E-state index contributed by atoms with van der Waals surface area (Å²) in [4.78, 5) is 34.9. The average molecular weight is 566 g/mol. The van der Waals surface area contributed by atoms with Crippen LogP contribution in [0.2, 0.25) is 0 Å². The summed E-state index contributed by atoms with van der Waals surface area (Å²) in [7, 11) is 1.79. The summed E-state index contributed by atoms with van der Waals surface area (Å²) in [5.41, 5.74) is 5.02. The summed E-state index contributed by atoms with van der Waals surface area (Å²) in [6.07, 6.45) is 5.11. The number of aromatic nitrogens is 1. The number of benzene rings is 3. The SMILES string of the molecule is CN(Cc1ccccc1)C(=O)c1csc(COc2ccc3c(c2)[C@@H](c2ccccc2)N(C(=O)C2CCCC2)CC3)n1. The molecule has 0 saturated heterocycles. The zero-order valence-electron chi connectivity index (χ0n) is 23.4. The largest absolute Gasteiger partial charge is 0.486 e. The van der Waals surface area contributed by atoms with Crippen LogP contribution in [0.25, 0.3) is 0 Å². The lowest BCUT2D eigenvalue weighted by Gasteiger charge is -2.39. The average Bonchev–Trinajstić information content (AvgIpc) is 3.73. The number of rotatable bonds is 8. The third kappa shape index (κ3) is 6.05. The maximum absolute atomic E-state index is 13.7. The van der Waals surface area contributed by atoms with Crippen LogP contribution in [-0.2, 0) is 24.4 Å². The number of carbonyl (C=O) groups is 2. The van der Waals surface area contributed by atoms with Gasteiger partial charge < -0.3 is 14.5 Å². The van der Waals surface area contributed by atoms with Crippen LogP contribution in [0.15, 0.2) is 84.2 Å². The molecule has 1 aliphatic heterocycles.